The zero-order valence-electron chi connectivity index (χ0n) is 15.1. The van der Waals surface area contributed by atoms with Gasteiger partial charge in [-0.3, -0.25) is 19.3 Å². The summed E-state index contributed by atoms with van der Waals surface area (Å²) in [6.07, 6.45) is 0.898. The lowest BCUT2D eigenvalue weighted by molar-refractivity contribution is -0.136. The van der Waals surface area contributed by atoms with Crippen molar-refractivity contribution in [1.29, 1.82) is 0 Å². The van der Waals surface area contributed by atoms with E-state index in [2.05, 4.69) is 4.90 Å². The Bertz CT molecular complexity index is 666. The Morgan fingerprint density at radius 1 is 0.960 bits per heavy atom. The van der Waals surface area contributed by atoms with Crippen LogP contribution in [0.2, 0.25) is 0 Å². The van der Waals surface area contributed by atoms with E-state index in [9.17, 15) is 14.4 Å². The van der Waals surface area contributed by atoms with Gasteiger partial charge < -0.3 is 9.80 Å². The van der Waals surface area contributed by atoms with Crippen molar-refractivity contribution in [1.82, 2.24) is 14.7 Å². The van der Waals surface area contributed by atoms with Gasteiger partial charge in [-0.25, -0.2) is 0 Å². The van der Waals surface area contributed by atoms with Gasteiger partial charge in [-0.05, 0) is 38.1 Å². The van der Waals surface area contributed by atoms with E-state index in [0.717, 1.165) is 19.5 Å². The summed E-state index contributed by atoms with van der Waals surface area (Å²) < 4.78 is 0. The van der Waals surface area contributed by atoms with Crippen molar-refractivity contribution in [2.75, 3.05) is 33.2 Å². The first-order chi connectivity index (χ1) is 11.9. The molecule has 3 rings (SSSR count). The van der Waals surface area contributed by atoms with Gasteiger partial charge in [0.05, 0.1) is 11.1 Å². The van der Waals surface area contributed by atoms with Gasteiger partial charge in [0.2, 0.25) is 5.91 Å². The summed E-state index contributed by atoms with van der Waals surface area (Å²) in [6, 6.07) is 6.03. The maximum absolute atomic E-state index is 13.2. The average Bonchev–Trinajstić information content (AvgIpc) is 2.74. The number of benzene rings is 1. The molecule has 0 spiro atoms. The Labute approximate surface area is 148 Å². The number of hydrogen-bond acceptors (Lipinski definition) is 4. The number of imide groups is 1. The van der Waals surface area contributed by atoms with Crippen molar-refractivity contribution < 1.29 is 14.4 Å². The van der Waals surface area contributed by atoms with Crippen molar-refractivity contribution in [3.05, 3.63) is 35.4 Å². The molecule has 1 saturated heterocycles. The van der Waals surface area contributed by atoms with E-state index in [4.69, 9.17) is 0 Å². The number of likely N-dealkylation sites (N-methyl/N-ethyl adjacent to an activating group) is 1. The van der Waals surface area contributed by atoms with Crippen molar-refractivity contribution in [2.45, 2.75) is 26.3 Å². The average molecular weight is 343 g/mol. The van der Waals surface area contributed by atoms with Gasteiger partial charge in [0.15, 0.2) is 0 Å². The van der Waals surface area contributed by atoms with Crippen LogP contribution in [0, 0.1) is 5.92 Å². The topological polar surface area (TPSA) is 60.9 Å². The largest absolute Gasteiger partial charge is 0.340 e. The van der Waals surface area contributed by atoms with Crippen LogP contribution in [0.25, 0.3) is 0 Å². The molecule has 1 aromatic rings. The van der Waals surface area contributed by atoms with Crippen LogP contribution >= 0.6 is 0 Å². The minimum absolute atomic E-state index is 0.125. The third-order valence-electron chi connectivity index (χ3n) is 5.02. The molecule has 6 nitrogen and oxygen atoms in total. The first-order valence-corrected chi connectivity index (χ1v) is 8.86. The Balaban J connectivity index is 1.88. The molecule has 134 valence electrons. The molecule has 0 aromatic heterocycles. The molecule has 1 atom stereocenters. The molecule has 1 aromatic carbocycles. The first-order valence-electron chi connectivity index (χ1n) is 8.86. The predicted octanol–water partition coefficient (Wildman–Crippen LogP) is 1.47. The lowest BCUT2D eigenvalue weighted by atomic mass is 10.0. The van der Waals surface area contributed by atoms with Crippen LogP contribution in [0.3, 0.4) is 0 Å². The van der Waals surface area contributed by atoms with Crippen molar-refractivity contribution in [3.8, 4) is 0 Å². The number of rotatable bonds is 3. The molecule has 2 aliphatic heterocycles. The van der Waals surface area contributed by atoms with E-state index in [0.29, 0.717) is 24.2 Å². The second-order valence-electron chi connectivity index (χ2n) is 7.20. The van der Waals surface area contributed by atoms with E-state index in [1.807, 2.05) is 20.9 Å². The summed E-state index contributed by atoms with van der Waals surface area (Å²) in [6.45, 7) is 6.81. The highest BCUT2D eigenvalue weighted by atomic mass is 16.2. The monoisotopic (exact) mass is 343 g/mol. The predicted molar refractivity (Wildman–Crippen MR) is 94.3 cm³/mol. The minimum atomic E-state index is -0.754. The molecule has 1 unspecified atom stereocenters. The summed E-state index contributed by atoms with van der Waals surface area (Å²) >= 11 is 0. The lowest BCUT2D eigenvalue weighted by Gasteiger charge is -2.33. The van der Waals surface area contributed by atoms with Crippen LogP contribution in [-0.2, 0) is 4.79 Å². The van der Waals surface area contributed by atoms with E-state index < -0.39 is 6.04 Å². The third kappa shape index (κ3) is 3.18. The highest BCUT2D eigenvalue weighted by molar-refractivity contribution is 6.22. The number of fused-ring (bicyclic) bond motifs is 1. The Morgan fingerprint density at radius 2 is 1.56 bits per heavy atom. The fourth-order valence-corrected chi connectivity index (χ4v) is 3.61. The summed E-state index contributed by atoms with van der Waals surface area (Å²) in [5.74, 6) is -0.991. The van der Waals surface area contributed by atoms with Gasteiger partial charge in [-0.1, -0.05) is 26.0 Å². The quantitative estimate of drug-likeness (QED) is 0.780. The summed E-state index contributed by atoms with van der Waals surface area (Å²) in [5.41, 5.74) is 0.781. The maximum Gasteiger partial charge on any atom is 0.262 e. The molecular weight excluding hydrogens is 318 g/mol. The lowest BCUT2D eigenvalue weighted by Crippen LogP contribution is -2.54. The number of nitrogens with zero attached hydrogens (tertiary/aromatic N) is 3. The molecule has 0 aliphatic carbocycles. The Kier molecular flexibility index (Phi) is 4.90. The molecule has 3 amide bonds. The zero-order chi connectivity index (χ0) is 18.1. The number of carbonyl (C=O) groups excluding carboxylic acids is 3. The fraction of sp³-hybridized carbons (Fsp3) is 0.526. The molecular formula is C19H25N3O3. The fourth-order valence-electron chi connectivity index (χ4n) is 3.61. The zero-order valence-corrected chi connectivity index (χ0v) is 15.1. The third-order valence-corrected chi connectivity index (χ3v) is 5.02. The van der Waals surface area contributed by atoms with Gasteiger partial charge in [0, 0.05) is 19.6 Å². The molecule has 0 radical (unpaired) electrons. The number of hydrogen-bond donors (Lipinski definition) is 0. The van der Waals surface area contributed by atoms with Crippen molar-refractivity contribution in [2.24, 2.45) is 5.92 Å². The van der Waals surface area contributed by atoms with E-state index >= 15 is 0 Å². The molecule has 25 heavy (non-hydrogen) atoms. The number of carbonyl (C=O) groups is 3. The summed E-state index contributed by atoms with van der Waals surface area (Å²) in [4.78, 5) is 43.9. The summed E-state index contributed by atoms with van der Waals surface area (Å²) in [5, 5.41) is 0. The van der Waals surface area contributed by atoms with Crippen LogP contribution in [0.5, 0.6) is 0 Å². The maximum atomic E-state index is 13.2. The van der Waals surface area contributed by atoms with Gasteiger partial charge in [0.25, 0.3) is 11.8 Å². The highest BCUT2D eigenvalue weighted by Crippen LogP contribution is 2.28. The van der Waals surface area contributed by atoms with Crippen LogP contribution in [0.1, 0.15) is 41.0 Å². The van der Waals surface area contributed by atoms with Gasteiger partial charge in [-0.2, -0.15) is 0 Å². The molecule has 2 heterocycles. The number of amides is 3. The van der Waals surface area contributed by atoms with Crippen molar-refractivity contribution in [3.63, 3.8) is 0 Å². The molecule has 6 heteroatoms. The van der Waals surface area contributed by atoms with E-state index in [1.54, 1.807) is 29.2 Å². The van der Waals surface area contributed by atoms with Gasteiger partial charge in [0.1, 0.15) is 6.04 Å². The molecule has 0 bridgehead atoms. The second-order valence-corrected chi connectivity index (χ2v) is 7.20. The minimum Gasteiger partial charge on any atom is -0.340 e. The van der Waals surface area contributed by atoms with Crippen LogP contribution in [-0.4, -0.2) is 71.7 Å². The van der Waals surface area contributed by atoms with Gasteiger partial charge in [-0.15, -0.1) is 0 Å². The van der Waals surface area contributed by atoms with Gasteiger partial charge >= 0.3 is 0 Å². The smallest absolute Gasteiger partial charge is 0.262 e. The van der Waals surface area contributed by atoms with Crippen LogP contribution in [0.4, 0.5) is 0 Å². The normalized spacial score (nSPS) is 20.0. The van der Waals surface area contributed by atoms with E-state index in [-0.39, 0.29) is 23.6 Å². The van der Waals surface area contributed by atoms with Crippen LogP contribution < -0.4 is 0 Å². The molecule has 0 N–H and O–H groups in total. The Hall–Kier alpha value is -2.21. The van der Waals surface area contributed by atoms with E-state index in [1.165, 1.54) is 4.90 Å². The molecule has 2 aliphatic rings. The molecule has 0 saturated carbocycles. The second kappa shape index (κ2) is 6.96. The van der Waals surface area contributed by atoms with Crippen LogP contribution in [0.15, 0.2) is 24.3 Å². The Morgan fingerprint density at radius 3 is 2.12 bits per heavy atom. The molecule has 1 fully saturated rings. The summed E-state index contributed by atoms with van der Waals surface area (Å²) in [7, 11) is 2.04. The SMILES string of the molecule is CC(C)C(C(=O)N1CCCN(C)CC1)N1C(=O)c2ccccc2C1=O. The first kappa shape index (κ1) is 17.6. The standard InChI is InChI=1S/C19H25N3O3/c1-13(2)16(19(25)21-10-6-9-20(3)11-12-21)22-17(23)14-7-4-5-8-15(14)18(22)24/h4-5,7-8,13,16H,6,9-12H2,1-3H3. The highest BCUT2D eigenvalue weighted by Gasteiger charge is 2.45. The van der Waals surface area contributed by atoms with Crippen molar-refractivity contribution >= 4 is 17.7 Å².